The predicted octanol–water partition coefficient (Wildman–Crippen LogP) is -0.439. The fourth-order valence-electron chi connectivity index (χ4n) is 0.929. The highest BCUT2D eigenvalue weighted by Crippen LogP contribution is 2.05. The number of carbonyl (C=O) groups is 2. The largest absolute Gasteiger partial charge is 0.480 e. The summed E-state index contributed by atoms with van der Waals surface area (Å²) in [7, 11) is 0. The Labute approximate surface area is 94.9 Å². The summed E-state index contributed by atoms with van der Waals surface area (Å²) in [5, 5.41) is 8.62. The van der Waals surface area contributed by atoms with Gasteiger partial charge in [-0.2, -0.15) is 0 Å². The number of hydrogen-bond acceptors (Lipinski definition) is 5. The fourth-order valence-corrected chi connectivity index (χ4v) is 0.929. The summed E-state index contributed by atoms with van der Waals surface area (Å²) in [6, 6.07) is -1.73. The molecule has 0 amide bonds. The quantitative estimate of drug-likeness (QED) is 0.535. The van der Waals surface area contributed by atoms with E-state index in [-0.39, 0.29) is 12.5 Å². The van der Waals surface area contributed by atoms with E-state index in [0.717, 1.165) is 0 Å². The summed E-state index contributed by atoms with van der Waals surface area (Å²) in [4.78, 5) is 21.9. The van der Waals surface area contributed by atoms with Gasteiger partial charge in [0.2, 0.25) is 0 Å². The van der Waals surface area contributed by atoms with Crippen LogP contribution in [0.4, 0.5) is 0 Å². The van der Waals surface area contributed by atoms with Crippen molar-refractivity contribution in [1.82, 2.24) is 0 Å². The zero-order chi connectivity index (χ0) is 12.9. The zero-order valence-electron chi connectivity index (χ0n) is 9.84. The average molecular weight is 232 g/mol. The topological polar surface area (TPSA) is 116 Å². The molecule has 0 aromatic carbocycles. The Balaban J connectivity index is 4.06. The molecule has 0 spiro atoms. The number of carboxylic acids is 1. The van der Waals surface area contributed by atoms with Gasteiger partial charge in [0.25, 0.3) is 0 Å². The van der Waals surface area contributed by atoms with Crippen molar-refractivity contribution in [2.24, 2.45) is 23.3 Å². The normalized spacial score (nSPS) is 16.6. The van der Waals surface area contributed by atoms with Gasteiger partial charge in [0.1, 0.15) is 12.1 Å². The molecule has 0 saturated carbocycles. The molecular formula is C10H20N2O4. The maximum Gasteiger partial charge on any atom is 0.323 e. The molecule has 0 aliphatic rings. The van der Waals surface area contributed by atoms with Gasteiger partial charge in [-0.05, 0) is 5.92 Å². The van der Waals surface area contributed by atoms with E-state index in [4.69, 9.17) is 21.3 Å². The number of esters is 1. The molecule has 0 aliphatic heterocycles. The van der Waals surface area contributed by atoms with Gasteiger partial charge in [0.05, 0.1) is 6.61 Å². The Bertz CT molecular complexity index is 255. The van der Waals surface area contributed by atoms with Crippen molar-refractivity contribution in [3.63, 3.8) is 0 Å². The summed E-state index contributed by atoms with van der Waals surface area (Å²) in [6.07, 6.45) is 0. The lowest BCUT2D eigenvalue weighted by Gasteiger charge is -2.19. The summed E-state index contributed by atoms with van der Waals surface area (Å²) < 4.78 is 4.89. The third-order valence-corrected chi connectivity index (χ3v) is 2.38. The zero-order valence-corrected chi connectivity index (χ0v) is 9.84. The van der Waals surface area contributed by atoms with Crippen LogP contribution in [0.1, 0.15) is 20.8 Å². The lowest BCUT2D eigenvalue weighted by molar-refractivity contribution is -0.150. The monoisotopic (exact) mass is 232 g/mol. The van der Waals surface area contributed by atoms with Gasteiger partial charge < -0.3 is 21.3 Å². The minimum atomic E-state index is -1.11. The first-order valence-corrected chi connectivity index (χ1v) is 5.18. The van der Waals surface area contributed by atoms with Gasteiger partial charge >= 0.3 is 11.9 Å². The van der Waals surface area contributed by atoms with E-state index < -0.39 is 29.9 Å². The molecule has 6 heteroatoms. The fraction of sp³-hybridized carbons (Fsp3) is 0.800. The summed E-state index contributed by atoms with van der Waals surface area (Å²) in [5.74, 6) is -2.10. The van der Waals surface area contributed by atoms with Crippen LogP contribution in [0.25, 0.3) is 0 Å². The standard InChI is InChI=1S/C10H20N2O4/c1-5(2)7(11)10(15)16-4-6(3)8(12)9(13)14/h5-8H,4,11-12H2,1-3H3,(H,13,14)/t6?,7-,8?/m0/s1. The second-order valence-corrected chi connectivity index (χ2v) is 4.24. The van der Waals surface area contributed by atoms with E-state index in [2.05, 4.69) is 0 Å². The molecule has 94 valence electrons. The Morgan fingerprint density at radius 2 is 1.69 bits per heavy atom. The summed E-state index contributed by atoms with van der Waals surface area (Å²) in [5.41, 5.74) is 10.9. The average Bonchev–Trinajstić information content (AvgIpc) is 2.22. The lowest BCUT2D eigenvalue weighted by Crippen LogP contribution is -2.41. The molecule has 0 fully saturated rings. The van der Waals surface area contributed by atoms with Crippen LogP contribution < -0.4 is 11.5 Å². The molecule has 2 unspecified atom stereocenters. The SMILES string of the molecule is CC(COC(=O)[C@@H](N)C(C)C)C(N)C(=O)O. The van der Waals surface area contributed by atoms with Gasteiger partial charge in [-0.3, -0.25) is 9.59 Å². The predicted molar refractivity (Wildman–Crippen MR) is 58.5 cm³/mol. The highest BCUT2D eigenvalue weighted by atomic mass is 16.5. The maximum atomic E-state index is 11.3. The van der Waals surface area contributed by atoms with Gasteiger partial charge in [0.15, 0.2) is 0 Å². The Morgan fingerprint density at radius 3 is 2.06 bits per heavy atom. The maximum absolute atomic E-state index is 11.3. The molecule has 0 bridgehead atoms. The van der Waals surface area contributed by atoms with Crippen molar-refractivity contribution in [2.75, 3.05) is 6.61 Å². The molecule has 6 nitrogen and oxygen atoms in total. The molecule has 3 atom stereocenters. The van der Waals surface area contributed by atoms with Crippen LogP contribution >= 0.6 is 0 Å². The highest BCUT2D eigenvalue weighted by molar-refractivity contribution is 5.76. The summed E-state index contributed by atoms with van der Waals surface area (Å²) in [6.45, 7) is 5.18. The third-order valence-electron chi connectivity index (χ3n) is 2.38. The van der Waals surface area contributed by atoms with Crippen LogP contribution in [0.2, 0.25) is 0 Å². The summed E-state index contributed by atoms with van der Waals surface area (Å²) >= 11 is 0. The molecule has 0 aromatic heterocycles. The lowest BCUT2D eigenvalue weighted by atomic mass is 10.0. The van der Waals surface area contributed by atoms with Gasteiger partial charge in [-0.25, -0.2) is 0 Å². The van der Waals surface area contributed by atoms with Crippen LogP contribution in [0.15, 0.2) is 0 Å². The molecule has 5 N–H and O–H groups in total. The molecule has 16 heavy (non-hydrogen) atoms. The van der Waals surface area contributed by atoms with Crippen molar-refractivity contribution in [3.8, 4) is 0 Å². The molecule has 0 aliphatic carbocycles. The number of carboxylic acid groups (broad SMARTS) is 1. The second kappa shape index (κ2) is 6.44. The molecule has 0 saturated heterocycles. The molecule has 0 aromatic rings. The van der Waals surface area contributed by atoms with E-state index in [1.54, 1.807) is 20.8 Å². The number of aliphatic carboxylic acids is 1. The smallest absolute Gasteiger partial charge is 0.323 e. The van der Waals surface area contributed by atoms with Gasteiger partial charge in [0, 0.05) is 5.92 Å². The first-order valence-electron chi connectivity index (χ1n) is 5.18. The van der Waals surface area contributed by atoms with Crippen molar-refractivity contribution in [3.05, 3.63) is 0 Å². The van der Waals surface area contributed by atoms with Gasteiger partial charge in [-0.15, -0.1) is 0 Å². The molecular weight excluding hydrogens is 212 g/mol. The molecule has 0 radical (unpaired) electrons. The number of nitrogens with two attached hydrogens (primary N) is 2. The van der Waals surface area contributed by atoms with E-state index in [0.29, 0.717) is 0 Å². The van der Waals surface area contributed by atoms with Crippen LogP contribution in [-0.2, 0) is 14.3 Å². The minimum Gasteiger partial charge on any atom is -0.480 e. The number of hydrogen-bond donors (Lipinski definition) is 3. The van der Waals surface area contributed by atoms with Crippen molar-refractivity contribution in [2.45, 2.75) is 32.9 Å². The van der Waals surface area contributed by atoms with Crippen LogP contribution in [0.5, 0.6) is 0 Å². The van der Waals surface area contributed by atoms with Crippen LogP contribution in [0, 0.1) is 11.8 Å². The van der Waals surface area contributed by atoms with Crippen LogP contribution in [-0.4, -0.2) is 35.7 Å². The third kappa shape index (κ3) is 4.59. The second-order valence-electron chi connectivity index (χ2n) is 4.24. The van der Waals surface area contributed by atoms with Crippen molar-refractivity contribution < 1.29 is 19.4 Å². The Kier molecular flexibility index (Phi) is 5.98. The minimum absolute atomic E-state index is 0.0176. The van der Waals surface area contributed by atoms with E-state index in [9.17, 15) is 9.59 Å². The van der Waals surface area contributed by atoms with E-state index >= 15 is 0 Å². The van der Waals surface area contributed by atoms with E-state index in [1.807, 2.05) is 0 Å². The first kappa shape index (κ1) is 14.9. The van der Waals surface area contributed by atoms with E-state index in [1.165, 1.54) is 0 Å². The number of ether oxygens (including phenoxy) is 1. The van der Waals surface area contributed by atoms with Crippen molar-refractivity contribution >= 4 is 11.9 Å². The number of carbonyl (C=O) groups excluding carboxylic acids is 1. The Hall–Kier alpha value is -1.14. The Morgan fingerprint density at radius 1 is 1.19 bits per heavy atom. The number of rotatable bonds is 6. The molecule has 0 heterocycles. The first-order chi connectivity index (χ1) is 7.27. The van der Waals surface area contributed by atoms with Crippen LogP contribution in [0.3, 0.4) is 0 Å². The van der Waals surface area contributed by atoms with Gasteiger partial charge in [-0.1, -0.05) is 20.8 Å². The molecule has 0 rings (SSSR count). The highest BCUT2D eigenvalue weighted by Gasteiger charge is 2.24. The van der Waals surface area contributed by atoms with Crippen molar-refractivity contribution in [1.29, 1.82) is 0 Å².